The normalized spacial score (nSPS) is 12.3. The van der Waals surface area contributed by atoms with Gasteiger partial charge in [0.15, 0.2) is 0 Å². The molecule has 3 rings (SSSR count). The van der Waals surface area contributed by atoms with Crippen LogP contribution in [-0.2, 0) is 4.57 Å². The highest BCUT2D eigenvalue weighted by atomic mass is 79.9. The summed E-state index contributed by atoms with van der Waals surface area (Å²) in [6.07, 6.45) is 0. The molecule has 110 valence electrons. The highest BCUT2D eigenvalue weighted by molar-refractivity contribution is 9.10. The summed E-state index contributed by atoms with van der Waals surface area (Å²) < 4.78 is 14.3. The Kier molecular flexibility index (Phi) is 5.26. The number of rotatable bonds is 4. The van der Waals surface area contributed by atoms with E-state index in [1.807, 2.05) is 60.7 Å². The van der Waals surface area contributed by atoms with Crippen LogP contribution in [0.3, 0.4) is 0 Å². The number of hydrogen-bond donors (Lipinski definition) is 0. The largest absolute Gasteiger partial charge is 0.317 e. The van der Waals surface area contributed by atoms with Gasteiger partial charge in [0.05, 0.1) is 0 Å². The van der Waals surface area contributed by atoms with Crippen LogP contribution in [0.2, 0.25) is 0 Å². The maximum atomic E-state index is 13.3. The van der Waals surface area contributed by atoms with E-state index in [1.54, 1.807) is 0 Å². The average molecular weight is 389 g/mol. The van der Waals surface area contributed by atoms with Crippen molar-refractivity contribution in [2.24, 2.45) is 0 Å². The van der Waals surface area contributed by atoms with E-state index in [9.17, 15) is 4.57 Å². The van der Waals surface area contributed by atoms with Gasteiger partial charge in [0.1, 0.15) is 7.49 Å². The molecular weight excluding hydrogens is 374 g/mol. The van der Waals surface area contributed by atoms with Crippen molar-refractivity contribution in [1.29, 1.82) is 0 Å². The fraction of sp³-hybridized carbons (Fsp3) is 0. The summed E-state index contributed by atoms with van der Waals surface area (Å²) in [6, 6.07) is 28.3. The van der Waals surface area contributed by atoms with E-state index in [4.69, 9.17) is 0 Å². The van der Waals surface area contributed by atoms with Crippen molar-refractivity contribution >= 4 is 46.9 Å². The van der Waals surface area contributed by atoms with E-state index in [-0.39, 0.29) is 0 Å². The number of hydrogen-bond acceptors (Lipinski definition) is 1. The third kappa shape index (κ3) is 3.58. The van der Waals surface area contributed by atoms with Gasteiger partial charge in [0.2, 0.25) is 0 Å². The lowest BCUT2D eigenvalue weighted by atomic mass is 10.4. The van der Waals surface area contributed by atoms with Crippen molar-refractivity contribution < 1.29 is 4.57 Å². The highest BCUT2D eigenvalue weighted by Gasteiger charge is 2.21. The lowest BCUT2D eigenvalue weighted by Crippen LogP contribution is -2.11. The zero-order chi connectivity index (χ0) is 15.4. The van der Waals surface area contributed by atoms with Crippen LogP contribution in [0, 0.1) is 0 Å². The van der Waals surface area contributed by atoms with Crippen molar-refractivity contribution in [3.63, 3.8) is 0 Å². The Balaban J connectivity index is 2.06. The predicted molar refractivity (Wildman–Crippen MR) is 102 cm³/mol. The molecule has 0 N–H and O–H groups in total. The lowest BCUT2D eigenvalue weighted by Gasteiger charge is -2.18. The fourth-order valence-electron chi connectivity index (χ4n) is 2.26. The van der Waals surface area contributed by atoms with Gasteiger partial charge in [0.25, 0.3) is 0 Å². The molecular formula is C18H15BrOP2. The van der Waals surface area contributed by atoms with E-state index >= 15 is 0 Å². The minimum atomic E-state index is -1.93. The first-order valence-corrected chi connectivity index (χ1v) is 11.3. The Hall–Kier alpha value is -1.20. The molecule has 0 saturated carbocycles. The summed E-state index contributed by atoms with van der Waals surface area (Å²) in [7, 11) is -2.80. The molecule has 0 heterocycles. The Bertz CT molecular complexity index is 719. The average Bonchev–Trinajstić information content (AvgIpc) is 2.57. The minimum absolute atomic E-state index is 0.867. The van der Waals surface area contributed by atoms with Crippen LogP contribution < -0.4 is 15.9 Å². The summed E-state index contributed by atoms with van der Waals surface area (Å²) in [6.45, 7) is 0. The molecule has 0 saturated heterocycles. The molecule has 0 aliphatic carbocycles. The fourth-order valence-corrected chi connectivity index (χ4v) is 8.46. The lowest BCUT2D eigenvalue weighted by molar-refractivity contribution is 0.600. The van der Waals surface area contributed by atoms with E-state index in [0.29, 0.717) is 0 Å². The third-order valence-corrected chi connectivity index (χ3v) is 10.3. The maximum absolute atomic E-state index is 13.3. The molecule has 0 bridgehead atoms. The zero-order valence-corrected chi connectivity index (χ0v) is 15.3. The first kappa shape index (κ1) is 15.7. The van der Waals surface area contributed by atoms with Crippen molar-refractivity contribution in [2.75, 3.05) is 0 Å². The van der Waals surface area contributed by atoms with E-state index in [1.165, 1.54) is 0 Å². The Morgan fingerprint density at radius 1 is 0.682 bits per heavy atom. The quantitative estimate of drug-likeness (QED) is 0.593. The Morgan fingerprint density at radius 2 is 1.14 bits per heavy atom. The molecule has 0 aliphatic heterocycles. The second kappa shape index (κ2) is 7.38. The topological polar surface area (TPSA) is 17.1 Å². The molecule has 1 nitrogen and oxygen atoms in total. The zero-order valence-electron chi connectivity index (χ0n) is 11.8. The van der Waals surface area contributed by atoms with Crippen LogP contribution in [-0.4, -0.2) is 0 Å². The van der Waals surface area contributed by atoms with Gasteiger partial charge in [-0.25, -0.2) is 0 Å². The van der Waals surface area contributed by atoms with Crippen LogP contribution >= 0.6 is 31.0 Å². The summed E-state index contributed by atoms with van der Waals surface area (Å²) in [5.41, 5.74) is 0. The van der Waals surface area contributed by atoms with Crippen LogP contribution in [0.15, 0.2) is 89.4 Å². The number of halogens is 1. The predicted octanol–water partition coefficient (Wildman–Crippen LogP) is 4.68. The summed E-state index contributed by atoms with van der Waals surface area (Å²) >= 11 is 3.44. The standard InChI is InChI=1S/C18H15BrOP2/c19-15-11-13-18(14-12-15)22(20)21(16-7-3-1-4-8-16)17-9-5-2-6-10-17/h1-14,22H. The smallest absolute Gasteiger partial charge is 0.132 e. The second-order valence-electron chi connectivity index (χ2n) is 4.82. The molecule has 1 unspecified atom stereocenters. The van der Waals surface area contributed by atoms with Crippen molar-refractivity contribution in [3.8, 4) is 0 Å². The number of benzene rings is 3. The van der Waals surface area contributed by atoms with Gasteiger partial charge in [-0.05, 0) is 22.7 Å². The van der Waals surface area contributed by atoms with Gasteiger partial charge in [-0.2, -0.15) is 0 Å². The monoisotopic (exact) mass is 388 g/mol. The SMILES string of the molecule is O=[PH](c1ccc(Br)cc1)P(c1ccccc1)c1ccccc1. The molecule has 0 aromatic heterocycles. The van der Waals surface area contributed by atoms with Gasteiger partial charge in [-0.1, -0.05) is 88.7 Å². The van der Waals surface area contributed by atoms with Gasteiger partial charge in [-0.3, -0.25) is 0 Å². The van der Waals surface area contributed by atoms with Crippen molar-refractivity contribution in [2.45, 2.75) is 0 Å². The van der Waals surface area contributed by atoms with Gasteiger partial charge < -0.3 is 4.57 Å². The molecule has 3 aromatic carbocycles. The summed E-state index contributed by atoms with van der Waals surface area (Å²) in [5.74, 6) is 0. The van der Waals surface area contributed by atoms with E-state index in [0.717, 1.165) is 20.4 Å². The molecule has 22 heavy (non-hydrogen) atoms. The second-order valence-corrected chi connectivity index (χ2v) is 11.2. The molecule has 0 spiro atoms. The first-order chi connectivity index (χ1) is 10.8. The van der Waals surface area contributed by atoms with Gasteiger partial charge in [-0.15, -0.1) is 0 Å². The van der Waals surface area contributed by atoms with Crippen LogP contribution in [0.5, 0.6) is 0 Å². The van der Waals surface area contributed by atoms with Crippen LogP contribution in [0.1, 0.15) is 0 Å². The molecule has 0 aliphatic rings. The summed E-state index contributed by atoms with van der Waals surface area (Å²) in [5, 5.41) is 3.26. The first-order valence-electron chi connectivity index (χ1n) is 6.96. The van der Waals surface area contributed by atoms with Crippen LogP contribution in [0.4, 0.5) is 0 Å². The Morgan fingerprint density at radius 3 is 1.59 bits per heavy atom. The van der Waals surface area contributed by atoms with E-state index < -0.39 is 15.1 Å². The highest BCUT2D eigenvalue weighted by Crippen LogP contribution is 2.58. The molecule has 4 heteroatoms. The van der Waals surface area contributed by atoms with Gasteiger partial charge >= 0.3 is 0 Å². The minimum Gasteiger partial charge on any atom is -0.317 e. The maximum Gasteiger partial charge on any atom is 0.132 e. The van der Waals surface area contributed by atoms with Gasteiger partial charge in [0, 0.05) is 17.4 Å². The van der Waals surface area contributed by atoms with Crippen LogP contribution in [0.25, 0.3) is 0 Å². The van der Waals surface area contributed by atoms with Crippen molar-refractivity contribution in [3.05, 3.63) is 89.4 Å². The molecule has 1 atom stereocenters. The molecule has 0 fully saturated rings. The summed E-state index contributed by atoms with van der Waals surface area (Å²) in [4.78, 5) is 0. The van der Waals surface area contributed by atoms with Crippen molar-refractivity contribution in [1.82, 2.24) is 0 Å². The molecule has 3 aromatic rings. The molecule has 0 amide bonds. The molecule has 0 radical (unpaired) electrons. The Labute approximate surface area is 141 Å². The third-order valence-electron chi connectivity index (χ3n) is 3.32. The van der Waals surface area contributed by atoms with E-state index in [2.05, 4.69) is 40.2 Å².